The number of aryl methyl sites for hydroxylation is 14. The van der Waals surface area contributed by atoms with E-state index in [4.69, 9.17) is 18.9 Å². The maximum atomic E-state index is 6.93. The van der Waals surface area contributed by atoms with E-state index in [9.17, 15) is 0 Å². The Morgan fingerprint density at radius 1 is 0.254 bits per heavy atom. The van der Waals surface area contributed by atoms with Crippen molar-refractivity contribution in [2.45, 2.75) is 246 Å². The molecule has 0 radical (unpaired) electrons. The fraction of sp³-hybridized carbons (Fsp3) is 0.382. The van der Waals surface area contributed by atoms with Gasteiger partial charge in [0.25, 0.3) is 0 Å². The highest BCUT2D eigenvalue weighted by Crippen LogP contribution is 2.62. The first kappa shape index (κ1) is 81.3. The lowest BCUT2D eigenvalue weighted by Gasteiger charge is -2.43. The number of rotatable bonds is 8. The van der Waals surface area contributed by atoms with Gasteiger partial charge in [-0.2, -0.15) is 0 Å². The lowest BCUT2D eigenvalue weighted by atomic mass is 9.62. The van der Waals surface area contributed by atoms with E-state index in [-0.39, 0.29) is 33.2 Å². The van der Waals surface area contributed by atoms with Crippen molar-refractivity contribution < 1.29 is 37.2 Å². The van der Waals surface area contributed by atoms with Gasteiger partial charge in [0.1, 0.15) is 73.6 Å². The quantitative estimate of drug-likeness (QED) is 0.142. The second-order valence-corrected chi connectivity index (χ2v) is 37.7. The van der Waals surface area contributed by atoms with E-state index in [0.29, 0.717) is 0 Å². The van der Waals surface area contributed by atoms with E-state index in [1.807, 2.05) is 0 Å². The largest absolute Gasteiger partial charge is 0.487 e. The van der Waals surface area contributed by atoms with Crippen molar-refractivity contribution in [2.75, 3.05) is 0 Å². The van der Waals surface area contributed by atoms with Crippen LogP contribution in [0.3, 0.4) is 0 Å². The second-order valence-electron chi connectivity index (χ2n) is 37.7. The van der Waals surface area contributed by atoms with E-state index < -0.39 is 0 Å². The highest BCUT2D eigenvalue weighted by Gasteiger charge is 2.58. The number of benzene rings is 8. The fourth-order valence-electron chi connectivity index (χ4n) is 20.8. The molecule has 3 saturated carbocycles. The predicted molar refractivity (Wildman–Crippen MR) is 484 cm³/mol. The molecule has 0 amide bonds. The van der Waals surface area contributed by atoms with Crippen LogP contribution in [0.2, 0.25) is 0 Å². The lowest BCUT2D eigenvalue weighted by molar-refractivity contribution is -0.660. The van der Waals surface area contributed by atoms with Crippen LogP contribution in [0.5, 0.6) is 23.0 Å². The molecule has 0 saturated heterocycles. The third-order valence-electron chi connectivity index (χ3n) is 28.3. The number of hydrogen-bond donors (Lipinski definition) is 0. The molecule has 12 aromatic rings. The van der Waals surface area contributed by atoms with Crippen molar-refractivity contribution in [3.63, 3.8) is 0 Å². The summed E-state index contributed by atoms with van der Waals surface area (Å²) in [5.74, 6) is 4.42. The van der Waals surface area contributed by atoms with Gasteiger partial charge in [0, 0.05) is 70.5 Å². The monoisotopic (exact) mass is 1570 g/mol. The van der Waals surface area contributed by atoms with Crippen LogP contribution >= 0.6 is 0 Å². The van der Waals surface area contributed by atoms with Crippen molar-refractivity contribution in [3.05, 3.63) is 286 Å². The Hall–Kier alpha value is -10.4. The van der Waals surface area contributed by atoms with Crippen LogP contribution in [0.1, 0.15) is 211 Å². The van der Waals surface area contributed by atoms with E-state index in [0.717, 1.165) is 48.7 Å². The Morgan fingerprint density at radius 3 is 0.864 bits per heavy atom. The standard InChI is InChI=1S/C29H34NO.2C28H32NO.C25H28NO/c1-20-9-12-22(13-10-20)23-15-18-30(5)25(19-23)26-21(2)11-14-24-27(26)31-28(3,4)29(24)16-7-6-8-17-29;1-19-8-11-21(12-9-19)22-14-17-29(5)24(18-22)25-20(2)10-13-23-26(25)30-27(3,4)28(23)15-6-7-16-28;1-20-7-10-22(11-8-20)24-14-18-29(3)25(19-24)26-21(2)9-12-23-13-17-28(30-27(23)26)15-5-4-6-16-28;1-17-6-9-19(10-7-17)21-13-15-26(5)22(16-21)23-18(2)8-11-20-12-14-25(3,4)27-24(20)23/h9-15,18-19H,6-8,16-17H2,1-5H3;8-14,17-18H,6-7,15-16H2,1-5H3;7-12,14,18-19H,4-6,13,15-17H2,1-3H3;6-11,13,15-16H,12,14H2,1-5H3/q4*+1. The van der Waals surface area contributed by atoms with Gasteiger partial charge in [-0.3, -0.25) is 0 Å². The van der Waals surface area contributed by atoms with E-state index in [2.05, 4.69) is 362 Å². The molecule has 7 aliphatic rings. The van der Waals surface area contributed by atoms with Crippen LogP contribution < -0.4 is 37.2 Å². The molecule has 3 aliphatic carbocycles. The summed E-state index contributed by atoms with van der Waals surface area (Å²) in [5.41, 5.74) is 35.5. The summed E-state index contributed by atoms with van der Waals surface area (Å²) in [6.07, 6.45) is 30.9. The molecule has 4 aromatic heterocycles. The predicted octanol–water partition coefficient (Wildman–Crippen LogP) is 25.3. The Morgan fingerprint density at radius 2 is 0.534 bits per heavy atom. The number of nitrogens with zero attached hydrogens (tertiary/aromatic N) is 4. The summed E-state index contributed by atoms with van der Waals surface area (Å²) in [4.78, 5) is 0. The maximum Gasteiger partial charge on any atom is 0.216 e. The van der Waals surface area contributed by atoms with Crippen LogP contribution in [0, 0.1) is 55.4 Å². The molecule has 3 fully saturated rings. The zero-order valence-electron chi connectivity index (χ0n) is 73.9. The Kier molecular flexibility index (Phi) is 22.3. The molecular weight excluding hydrogens is 1440 g/mol. The number of hydrogen-bond acceptors (Lipinski definition) is 4. The van der Waals surface area contributed by atoms with Gasteiger partial charge in [0.15, 0.2) is 24.8 Å². The first-order valence-electron chi connectivity index (χ1n) is 44.1. The normalized spacial score (nSPS) is 17.5. The van der Waals surface area contributed by atoms with Crippen molar-refractivity contribution in [2.24, 2.45) is 28.2 Å². The van der Waals surface area contributed by atoms with Gasteiger partial charge in [-0.15, -0.1) is 0 Å². The molecule has 8 nitrogen and oxygen atoms in total. The second kappa shape index (κ2) is 32.4. The zero-order chi connectivity index (χ0) is 82.8. The van der Waals surface area contributed by atoms with Crippen LogP contribution in [0.4, 0.5) is 0 Å². The maximum absolute atomic E-state index is 6.93. The van der Waals surface area contributed by atoms with Crippen LogP contribution in [0.25, 0.3) is 89.5 Å². The lowest BCUT2D eigenvalue weighted by Crippen LogP contribution is -2.47. The van der Waals surface area contributed by atoms with Crippen LogP contribution in [-0.4, -0.2) is 22.4 Å². The van der Waals surface area contributed by atoms with E-state index >= 15 is 0 Å². The molecule has 0 bridgehead atoms. The molecular formula is C110H126N4O4+4. The highest BCUT2D eigenvalue weighted by atomic mass is 16.5. The zero-order valence-corrected chi connectivity index (χ0v) is 73.9. The van der Waals surface area contributed by atoms with Crippen molar-refractivity contribution in [1.29, 1.82) is 0 Å². The highest BCUT2D eigenvalue weighted by molar-refractivity contribution is 5.81. The molecule has 118 heavy (non-hydrogen) atoms. The van der Waals surface area contributed by atoms with Gasteiger partial charge in [0.2, 0.25) is 22.8 Å². The van der Waals surface area contributed by atoms with Crippen LogP contribution in [0.15, 0.2) is 219 Å². The summed E-state index contributed by atoms with van der Waals surface area (Å²) in [5, 5.41) is 0. The molecule has 8 aromatic carbocycles. The van der Waals surface area contributed by atoms with Gasteiger partial charge in [0.05, 0.1) is 22.3 Å². The topological polar surface area (TPSA) is 52.4 Å². The van der Waals surface area contributed by atoms with Gasteiger partial charge < -0.3 is 18.9 Å². The minimum Gasteiger partial charge on any atom is -0.487 e. The first-order chi connectivity index (χ1) is 56.5. The molecule has 0 unspecified atom stereocenters. The summed E-state index contributed by atoms with van der Waals surface area (Å²) in [6.45, 7) is 30.9. The Labute approximate surface area is 705 Å². The minimum absolute atomic E-state index is 0.0565. The average Bonchev–Trinajstić information content (AvgIpc) is 1.55. The SMILES string of the molecule is Cc1ccc(-c2cc[n+](C)c(-c3c(C)ccc4c3OC(C)(C)C43CCCC3)c2)cc1.Cc1ccc(-c2cc[n+](C)c(-c3c(C)ccc4c3OC(C)(C)C43CCCCC3)c2)cc1.Cc1ccc(-c2cc[n+](C)c(-c3c(C)ccc4c3OC(C)(C)CC4)c2)cc1.Cc1ccc(-c2cc[n+](C)c(-c3c(C)ccc4c3OC3(CCCCC3)CC4)c2)cc1. The van der Waals surface area contributed by atoms with E-state index in [1.54, 1.807) is 0 Å². The third kappa shape index (κ3) is 15.5. The van der Waals surface area contributed by atoms with Crippen LogP contribution in [-0.2, 0) is 51.9 Å². The summed E-state index contributed by atoms with van der Waals surface area (Å²) >= 11 is 0. The molecule has 3 spiro atoms. The number of fused-ring (bicyclic) bond motifs is 6. The van der Waals surface area contributed by atoms with Gasteiger partial charge in [-0.05, 0) is 252 Å². The van der Waals surface area contributed by atoms with Gasteiger partial charge in [-0.1, -0.05) is 206 Å². The smallest absolute Gasteiger partial charge is 0.216 e. The summed E-state index contributed by atoms with van der Waals surface area (Å²) in [7, 11) is 8.54. The number of ether oxygens (including phenoxy) is 4. The number of aromatic nitrogens is 4. The average molecular weight is 1570 g/mol. The molecule has 19 rings (SSSR count). The van der Waals surface area contributed by atoms with Gasteiger partial charge >= 0.3 is 0 Å². The molecule has 606 valence electrons. The van der Waals surface area contributed by atoms with Crippen molar-refractivity contribution in [3.8, 4) is 113 Å². The number of pyridine rings is 4. The Bertz CT molecular complexity index is 5750. The molecule has 0 N–H and O–H groups in total. The molecule has 8 heterocycles. The molecule has 4 aliphatic heterocycles. The summed E-state index contributed by atoms with van der Waals surface area (Å²) < 4.78 is 36.0. The first-order valence-corrected chi connectivity index (χ1v) is 44.1. The van der Waals surface area contributed by atoms with E-state index in [1.165, 1.54) is 246 Å². The fourth-order valence-corrected chi connectivity index (χ4v) is 20.8. The minimum atomic E-state index is -0.175. The summed E-state index contributed by atoms with van der Waals surface area (Å²) in [6, 6.07) is 71.6. The van der Waals surface area contributed by atoms with Crippen molar-refractivity contribution >= 4 is 0 Å². The Balaban J connectivity index is 0.000000118. The molecule has 0 atom stereocenters. The third-order valence-corrected chi connectivity index (χ3v) is 28.3. The van der Waals surface area contributed by atoms with Crippen molar-refractivity contribution in [1.82, 2.24) is 0 Å². The van der Waals surface area contributed by atoms with Gasteiger partial charge in [-0.25, -0.2) is 18.3 Å². The molecule has 8 heteroatoms.